The maximum atomic E-state index is 12.0. The van der Waals surface area contributed by atoms with E-state index in [2.05, 4.69) is 15.5 Å². The van der Waals surface area contributed by atoms with E-state index in [1.54, 1.807) is 6.07 Å². The van der Waals surface area contributed by atoms with E-state index in [1.165, 1.54) is 6.20 Å². The summed E-state index contributed by atoms with van der Waals surface area (Å²) in [6.45, 7) is 5.83. The van der Waals surface area contributed by atoms with E-state index >= 15 is 0 Å². The second-order valence-corrected chi connectivity index (χ2v) is 4.80. The molecule has 0 spiro atoms. The zero-order chi connectivity index (χ0) is 14.7. The van der Waals surface area contributed by atoms with Gasteiger partial charge < -0.3 is 15.8 Å². The zero-order valence-electron chi connectivity index (χ0n) is 11.7. The third-order valence-corrected chi connectivity index (χ3v) is 2.71. The smallest absolute Gasteiger partial charge is 0.275 e. The molecule has 1 amide bonds. The van der Waals surface area contributed by atoms with Gasteiger partial charge in [0, 0.05) is 5.69 Å². The van der Waals surface area contributed by atoms with Crippen molar-refractivity contribution in [3.63, 3.8) is 0 Å². The molecule has 0 fully saturated rings. The number of anilines is 2. The summed E-state index contributed by atoms with van der Waals surface area (Å²) in [5.74, 6) is 0.456. The fourth-order valence-electron chi connectivity index (χ4n) is 1.78. The second kappa shape index (κ2) is 5.64. The van der Waals surface area contributed by atoms with Crippen LogP contribution in [0.2, 0.25) is 0 Å². The number of nitrogens with zero attached hydrogens (tertiary/aromatic N) is 1. The number of rotatable bonds is 4. The predicted molar refractivity (Wildman–Crippen MR) is 77.9 cm³/mol. The van der Waals surface area contributed by atoms with Crippen molar-refractivity contribution in [2.45, 2.75) is 26.9 Å². The van der Waals surface area contributed by atoms with E-state index in [9.17, 15) is 4.79 Å². The average molecular weight is 274 g/mol. The van der Waals surface area contributed by atoms with Crippen LogP contribution in [0.25, 0.3) is 0 Å². The van der Waals surface area contributed by atoms with Gasteiger partial charge in [-0.15, -0.1) is 0 Å². The molecule has 0 bridgehead atoms. The number of carbonyl (C=O) groups is 1. The number of hydrogen-bond donors (Lipinski definition) is 3. The highest BCUT2D eigenvalue weighted by atomic mass is 16.5. The highest BCUT2D eigenvalue weighted by Crippen LogP contribution is 2.23. The standard InChI is InChI=1S/C14H18N4O2/c1-8(2)20-10-4-5-12(9(3)6-10)17-14(19)13-11(15)7-16-18-13/h4-8H,15H2,1-3H3,(H,16,18)(H,17,19). The molecule has 6 heteroatoms. The van der Waals surface area contributed by atoms with Crippen molar-refractivity contribution >= 4 is 17.3 Å². The number of hydrogen-bond acceptors (Lipinski definition) is 4. The average Bonchev–Trinajstić information content (AvgIpc) is 2.78. The van der Waals surface area contributed by atoms with Gasteiger partial charge in [0.15, 0.2) is 0 Å². The number of ether oxygens (including phenoxy) is 1. The van der Waals surface area contributed by atoms with Crippen molar-refractivity contribution in [1.29, 1.82) is 0 Å². The summed E-state index contributed by atoms with van der Waals surface area (Å²) >= 11 is 0. The van der Waals surface area contributed by atoms with Crippen LogP contribution in [0.3, 0.4) is 0 Å². The Morgan fingerprint density at radius 2 is 2.20 bits per heavy atom. The van der Waals surface area contributed by atoms with Crippen LogP contribution in [-0.2, 0) is 0 Å². The normalized spacial score (nSPS) is 10.6. The highest BCUT2D eigenvalue weighted by Gasteiger charge is 2.13. The van der Waals surface area contributed by atoms with Gasteiger partial charge >= 0.3 is 0 Å². The van der Waals surface area contributed by atoms with Crippen LogP contribution in [0.1, 0.15) is 29.9 Å². The molecule has 0 unspecified atom stereocenters. The van der Waals surface area contributed by atoms with E-state index in [0.717, 1.165) is 11.3 Å². The zero-order valence-corrected chi connectivity index (χ0v) is 11.7. The molecule has 1 aromatic carbocycles. The lowest BCUT2D eigenvalue weighted by molar-refractivity contribution is 0.102. The van der Waals surface area contributed by atoms with Crippen molar-refractivity contribution in [3.8, 4) is 5.75 Å². The number of aryl methyl sites for hydroxylation is 1. The van der Waals surface area contributed by atoms with E-state index in [0.29, 0.717) is 11.4 Å². The van der Waals surface area contributed by atoms with Gasteiger partial charge in [0.1, 0.15) is 11.4 Å². The van der Waals surface area contributed by atoms with Crippen molar-refractivity contribution < 1.29 is 9.53 Å². The van der Waals surface area contributed by atoms with Gasteiger partial charge in [-0.25, -0.2) is 0 Å². The van der Waals surface area contributed by atoms with E-state index < -0.39 is 0 Å². The van der Waals surface area contributed by atoms with Crippen LogP contribution in [0, 0.1) is 6.92 Å². The number of nitrogens with two attached hydrogens (primary N) is 1. The molecule has 1 heterocycles. The van der Waals surface area contributed by atoms with E-state index in [-0.39, 0.29) is 17.7 Å². The number of nitrogen functional groups attached to an aromatic ring is 1. The highest BCUT2D eigenvalue weighted by molar-refractivity contribution is 6.06. The lowest BCUT2D eigenvalue weighted by Gasteiger charge is -2.13. The largest absolute Gasteiger partial charge is 0.491 e. The lowest BCUT2D eigenvalue weighted by Crippen LogP contribution is -2.15. The second-order valence-electron chi connectivity index (χ2n) is 4.80. The minimum absolute atomic E-state index is 0.111. The summed E-state index contributed by atoms with van der Waals surface area (Å²) in [5, 5.41) is 9.08. The van der Waals surface area contributed by atoms with Crippen molar-refractivity contribution in [2.75, 3.05) is 11.1 Å². The van der Waals surface area contributed by atoms with Gasteiger partial charge in [0.05, 0.1) is 18.0 Å². The molecule has 0 saturated carbocycles. The Kier molecular flexibility index (Phi) is 3.93. The fraction of sp³-hybridized carbons (Fsp3) is 0.286. The van der Waals surface area contributed by atoms with Crippen LogP contribution in [0.5, 0.6) is 5.75 Å². The summed E-state index contributed by atoms with van der Waals surface area (Å²) < 4.78 is 5.60. The first kappa shape index (κ1) is 13.9. The Hall–Kier alpha value is -2.50. The molecular weight excluding hydrogens is 256 g/mol. The van der Waals surface area contributed by atoms with Crippen LogP contribution in [0.4, 0.5) is 11.4 Å². The maximum Gasteiger partial charge on any atom is 0.275 e. The first-order valence-corrected chi connectivity index (χ1v) is 6.35. The molecular formula is C14H18N4O2. The molecule has 6 nitrogen and oxygen atoms in total. The van der Waals surface area contributed by atoms with Crippen LogP contribution < -0.4 is 15.8 Å². The molecule has 0 saturated heterocycles. The first-order valence-electron chi connectivity index (χ1n) is 6.35. The first-order chi connectivity index (χ1) is 9.47. The van der Waals surface area contributed by atoms with Gasteiger partial charge in [0.25, 0.3) is 5.91 Å². The molecule has 2 aromatic rings. The van der Waals surface area contributed by atoms with Gasteiger partial charge in [-0.05, 0) is 44.5 Å². The molecule has 0 atom stereocenters. The Morgan fingerprint density at radius 3 is 2.75 bits per heavy atom. The third kappa shape index (κ3) is 3.09. The summed E-state index contributed by atoms with van der Waals surface area (Å²) in [4.78, 5) is 12.0. The van der Waals surface area contributed by atoms with Crippen molar-refractivity contribution in [3.05, 3.63) is 35.7 Å². The van der Waals surface area contributed by atoms with E-state index in [4.69, 9.17) is 10.5 Å². The van der Waals surface area contributed by atoms with Crippen molar-refractivity contribution in [1.82, 2.24) is 10.2 Å². The van der Waals surface area contributed by atoms with Gasteiger partial charge in [-0.3, -0.25) is 9.89 Å². The minimum Gasteiger partial charge on any atom is -0.491 e. The van der Waals surface area contributed by atoms with Gasteiger partial charge in [0.2, 0.25) is 0 Å². The monoisotopic (exact) mass is 274 g/mol. The number of nitrogens with one attached hydrogen (secondary N) is 2. The quantitative estimate of drug-likeness (QED) is 0.797. The summed E-state index contributed by atoms with van der Waals surface area (Å²) in [5.41, 5.74) is 7.83. The predicted octanol–water partition coefficient (Wildman–Crippen LogP) is 2.34. The Morgan fingerprint density at radius 1 is 1.45 bits per heavy atom. The fourth-order valence-corrected chi connectivity index (χ4v) is 1.78. The number of amides is 1. The summed E-state index contributed by atoms with van der Waals surface area (Å²) in [7, 11) is 0. The molecule has 2 rings (SSSR count). The third-order valence-electron chi connectivity index (χ3n) is 2.71. The maximum absolute atomic E-state index is 12.0. The van der Waals surface area contributed by atoms with E-state index in [1.807, 2.05) is 32.9 Å². The summed E-state index contributed by atoms with van der Waals surface area (Å²) in [6, 6.07) is 5.50. The Bertz CT molecular complexity index is 619. The Labute approximate surface area is 117 Å². The minimum atomic E-state index is -0.319. The number of aromatic nitrogens is 2. The van der Waals surface area contributed by atoms with Crippen LogP contribution in [-0.4, -0.2) is 22.2 Å². The number of aromatic amines is 1. The molecule has 0 aliphatic heterocycles. The van der Waals surface area contributed by atoms with Crippen molar-refractivity contribution in [2.24, 2.45) is 0 Å². The van der Waals surface area contributed by atoms with Crippen LogP contribution in [0.15, 0.2) is 24.4 Å². The van der Waals surface area contributed by atoms with Crippen LogP contribution >= 0.6 is 0 Å². The molecule has 1 aromatic heterocycles. The number of H-pyrrole nitrogens is 1. The molecule has 106 valence electrons. The number of benzene rings is 1. The Balaban J connectivity index is 2.14. The molecule has 0 aliphatic carbocycles. The van der Waals surface area contributed by atoms with Gasteiger partial charge in [-0.1, -0.05) is 0 Å². The topological polar surface area (TPSA) is 93.0 Å². The molecule has 4 N–H and O–H groups in total. The lowest BCUT2D eigenvalue weighted by atomic mass is 10.2. The molecule has 20 heavy (non-hydrogen) atoms. The number of carbonyl (C=O) groups excluding carboxylic acids is 1. The molecule has 0 aliphatic rings. The SMILES string of the molecule is Cc1cc(OC(C)C)ccc1NC(=O)c1[nH]ncc1N. The summed E-state index contributed by atoms with van der Waals surface area (Å²) in [6.07, 6.45) is 1.51. The molecule has 0 radical (unpaired) electrons. The van der Waals surface area contributed by atoms with Gasteiger partial charge in [-0.2, -0.15) is 5.10 Å².